The maximum absolute atomic E-state index is 13.1. The van der Waals surface area contributed by atoms with Gasteiger partial charge in [0.2, 0.25) is 5.95 Å². The van der Waals surface area contributed by atoms with Crippen LogP contribution in [-0.2, 0) is 4.79 Å². The Bertz CT molecular complexity index is 973. The average molecular weight is 345 g/mol. The fraction of sp³-hybridized carbons (Fsp3) is 0.150. The molecule has 1 aliphatic heterocycles. The third kappa shape index (κ3) is 2.86. The number of para-hydroxylation sites is 1. The van der Waals surface area contributed by atoms with Crippen molar-refractivity contribution in [2.24, 2.45) is 0 Å². The second-order valence-corrected chi connectivity index (χ2v) is 6.33. The monoisotopic (exact) mass is 345 g/mol. The van der Waals surface area contributed by atoms with Crippen LogP contribution >= 0.6 is 0 Å². The molecule has 2 heterocycles. The molecule has 130 valence electrons. The summed E-state index contributed by atoms with van der Waals surface area (Å²) in [6.07, 6.45) is 1.49. The first-order valence-electron chi connectivity index (χ1n) is 8.44. The SMILES string of the molecule is CC1=C(C(=O)Nc2ccccc2)[C@H](c2ccc(C)cc2)n2ncnc2N1. The highest BCUT2D eigenvalue weighted by Crippen LogP contribution is 2.35. The fourth-order valence-corrected chi connectivity index (χ4v) is 3.16. The van der Waals surface area contributed by atoms with Gasteiger partial charge in [0.15, 0.2) is 0 Å². The molecule has 0 spiro atoms. The first-order valence-corrected chi connectivity index (χ1v) is 8.44. The maximum Gasteiger partial charge on any atom is 0.255 e. The number of nitrogens with zero attached hydrogens (tertiary/aromatic N) is 3. The minimum Gasteiger partial charge on any atom is -0.328 e. The van der Waals surface area contributed by atoms with Crippen LogP contribution in [0.1, 0.15) is 24.1 Å². The smallest absolute Gasteiger partial charge is 0.255 e. The van der Waals surface area contributed by atoms with Crippen molar-refractivity contribution in [3.8, 4) is 0 Å². The van der Waals surface area contributed by atoms with Gasteiger partial charge in [-0.25, -0.2) is 4.68 Å². The highest BCUT2D eigenvalue weighted by Gasteiger charge is 2.33. The Morgan fingerprint density at radius 3 is 2.54 bits per heavy atom. The van der Waals surface area contributed by atoms with E-state index in [-0.39, 0.29) is 11.9 Å². The van der Waals surface area contributed by atoms with Gasteiger partial charge in [0.25, 0.3) is 5.91 Å². The number of aromatic nitrogens is 3. The molecule has 0 bridgehead atoms. The highest BCUT2D eigenvalue weighted by atomic mass is 16.1. The van der Waals surface area contributed by atoms with Gasteiger partial charge in [-0.3, -0.25) is 4.79 Å². The van der Waals surface area contributed by atoms with Crippen molar-refractivity contribution in [3.05, 3.63) is 83.3 Å². The maximum atomic E-state index is 13.1. The number of allylic oxidation sites excluding steroid dienone is 1. The molecule has 0 radical (unpaired) electrons. The molecule has 0 aliphatic carbocycles. The Kier molecular flexibility index (Phi) is 4.01. The number of benzene rings is 2. The summed E-state index contributed by atoms with van der Waals surface area (Å²) in [6.45, 7) is 3.93. The average Bonchev–Trinajstić information content (AvgIpc) is 3.10. The number of amides is 1. The molecule has 4 rings (SSSR count). The van der Waals surface area contributed by atoms with Crippen LogP contribution in [0.4, 0.5) is 11.6 Å². The Hall–Kier alpha value is -3.41. The van der Waals surface area contributed by atoms with Crippen LogP contribution in [0.5, 0.6) is 0 Å². The van der Waals surface area contributed by atoms with E-state index in [2.05, 4.69) is 20.7 Å². The van der Waals surface area contributed by atoms with E-state index in [1.54, 1.807) is 4.68 Å². The second-order valence-electron chi connectivity index (χ2n) is 6.33. The van der Waals surface area contributed by atoms with Crippen LogP contribution < -0.4 is 10.6 Å². The zero-order chi connectivity index (χ0) is 18.1. The van der Waals surface area contributed by atoms with Crippen molar-refractivity contribution in [3.63, 3.8) is 0 Å². The summed E-state index contributed by atoms with van der Waals surface area (Å²) in [5, 5.41) is 10.5. The number of fused-ring (bicyclic) bond motifs is 1. The number of aryl methyl sites for hydroxylation is 1. The Balaban J connectivity index is 1.77. The van der Waals surface area contributed by atoms with Crippen molar-refractivity contribution >= 4 is 17.5 Å². The van der Waals surface area contributed by atoms with Crippen LogP contribution in [0.3, 0.4) is 0 Å². The molecule has 1 amide bonds. The molecule has 0 saturated heterocycles. The lowest BCUT2D eigenvalue weighted by Gasteiger charge is -2.28. The van der Waals surface area contributed by atoms with E-state index in [1.807, 2.05) is 68.4 Å². The van der Waals surface area contributed by atoms with E-state index < -0.39 is 0 Å². The molecule has 0 fully saturated rings. The minimum atomic E-state index is -0.335. The summed E-state index contributed by atoms with van der Waals surface area (Å²) in [4.78, 5) is 17.3. The number of rotatable bonds is 3. The van der Waals surface area contributed by atoms with Crippen LogP contribution in [-0.4, -0.2) is 20.7 Å². The summed E-state index contributed by atoms with van der Waals surface area (Å²) in [5.74, 6) is 0.470. The van der Waals surface area contributed by atoms with E-state index in [4.69, 9.17) is 0 Å². The molecular weight excluding hydrogens is 326 g/mol. The van der Waals surface area contributed by atoms with Gasteiger partial charge in [-0.2, -0.15) is 10.1 Å². The van der Waals surface area contributed by atoms with Crippen molar-refractivity contribution in [1.82, 2.24) is 14.8 Å². The van der Waals surface area contributed by atoms with E-state index >= 15 is 0 Å². The molecule has 2 aromatic carbocycles. The molecule has 26 heavy (non-hydrogen) atoms. The lowest BCUT2D eigenvalue weighted by Crippen LogP contribution is -2.31. The number of hydrogen-bond acceptors (Lipinski definition) is 4. The molecule has 1 atom stereocenters. The second kappa shape index (κ2) is 6.48. The van der Waals surface area contributed by atoms with Crippen molar-refractivity contribution in [2.75, 3.05) is 10.6 Å². The molecule has 0 saturated carbocycles. The number of hydrogen-bond donors (Lipinski definition) is 2. The Morgan fingerprint density at radius 2 is 1.81 bits per heavy atom. The summed E-state index contributed by atoms with van der Waals surface area (Å²) in [5.41, 5.74) is 4.30. The van der Waals surface area contributed by atoms with Gasteiger partial charge in [0.05, 0.1) is 5.57 Å². The molecule has 6 nitrogen and oxygen atoms in total. The largest absolute Gasteiger partial charge is 0.328 e. The quantitative estimate of drug-likeness (QED) is 0.762. The highest BCUT2D eigenvalue weighted by molar-refractivity contribution is 6.06. The molecule has 2 N–H and O–H groups in total. The van der Waals surface area contributed by atoms with E-state index in [0.717, 1.165) is 22.5 Å². The van der Waals surface area contributed by atoms with Gasteiger partial charge in [-0.1, -0.05) is 48.0 Å². The van der Waals surface area contributed by atoms with Crippen LogP contribution in [0.15, 0.2) is 72.2 Å². The zero-order valence-corrected chi connectivity index (χ0v) is 14.6. The Labute approximate surface area is 151 Å². The van der Waals surface area contributed by atoms with Crippen LogP contribution in [0.25, 0.3) is 0 Å². The predicted octanol–water partition coefficient (Wildman–Crippen LogP) is 3.51. The van der Waals surface area contributed by atoms with E-state index in [1.165, 1.54) is 6.33 Å². The van der Waals surface area contributed by atoms with E-state index in [9.17, 15) is 4.79 Å². The lowest BCUT2D eigenvalue weighted by atomic mass is 9.94. The standard InChI is InChI=1S/C20H19N5O/c1-13-8-10-15(11-9-13)18-17(14(2)23-20-21-12-22-25(18)20)19(26)24-16-6-4-3-5-7-16/h3-12,18H,1-2H3,(H,24,26)(H,21,22,23)/t18-/m0/s1. The van der Waals surface area contributed by atoms with Gasteiger partial charge < -0.3 is 10.6 Å². The van der Waals surface area contributed by atoms with Crippen LogP contribution in [0, 0.1) is 6.92 Å². The molecule has 1 aromatic heterocycles. The third-order valence-electron chi connectivity index (χ3n) is 4.46. The van der Waals surface area contributed by atoms with Crippen molar-refractivity contribution in [2.45, 2.75) is 19.9 Å². The molecule has 0 unspecified atom stereocenters. The number of nitrogens with one attached hydrogen (secondary N) is 2. The van der Waals surface area contributed by atoms with Gasteiger partial charge in [0, 0.05) is 11.4 Å². The third-order valence-corrected chi connectivity index (χ3v) is 4.46. The van der Waals surface area contributed by atoms with E-state index in [0.29, 0.717) is 11.5 Å². The van der Waals surface area contributed by atoms with Crippen molar-refractivity contribution < 1.29 is 4.79 Å². The number of anilines is 2. The zero-order valence-electron chi connectivity index (χ0n) is 14.6. The van der Waals surface area contributed by atoms with Crippen LogP contribution in [0.2, 0.25) is 0 Å². The number of carbonyl (C=O) groups is 1. The number of carbonyl (C=O) groups excluding carboxylic acids is 1. The molecule has 3 aromatic rings. The summed E-state index contributed by atoms with van der Waals surface area (Å²) < 4.78 is 1.75. The molecule has 1 aliphatic rings. The summed E-state index contributed by atoms with van der Waals surface area (Å²) in [6, 6.07) is 17.2. The normalized spacial score (nSPS) is 16.0. The molecule has 6 heteroatoms. The van der Waals surface area contributed by atoms with Gasteiger partial charge in [-0.15, -0.1) is 0 Å². The summed E-state index contributed by atoms with van der Waals surface area (Å²) >= 11 is 0. The van der Waals surface area contributed by atoms with Gasteiger partial charge >= 0.3 is 0 Å². The first-order chi connectivity index (χ1) is 12.6. The Morgan fingerprint density at radius 1 is 1.08 bits per heavy atom. The van der Waals surface area contributed by atoms with Gasteiger partial charge in [0.1, 0.15) is 12.4 Å². The first kappa shape index (κ1) is 16.1. The summed E-state index contributed by atoms with van der Waals surface area (Å²) in [7, 11) is 0. The predicted molar refractivity (Wildman–Crippen MR) is 101 cm³/mol. The minimum absolute atomic E-state index is 0.159. The topological polar surface area (TPSA) is 71.8 Å². The van der Waals surface area contributed by atoms with Gasteiger partial charge in [-0.05, 0) is 31.5 Å². The van der Waals surface area contributed by atoms with Crippen molar-refractivity contribution in [1.29, 1.82) is 0 Å². The fourth-order valence-electron chi connectivity index (χ4n) is 3.16. The molecular formula is C20H19N5O. The lowest BCUT2D eigenvalue weighted by molar-refractivity contribution is -0.113.